The lowest BCUT2D eigenvalue weighted by atomic mass is 10.1. The predicted octanol–water partition coefficient (Wildman–Crippen LogP) is 1.40. The van der Waals surface area contributed by atoms with Crippen molar-refractivity contribution in [2.24, 2.45) is 0 Å². The minimum atomic E-state index is -1.91. The highest BCUT2D eigenvalue weighted by atomic mass is 32.2. The monoisotopic (exact) mass is 197 g/mol. The Kier molecular flexibility index (Phi) is 2.44. The molecule has 70 valence electrons. The summed E-state index contributed by atoms with van der Waals surface area (Å²) in [4.78, 5) is 0. The van der Waals surface area contributed by atoms with Crippen LogP contribution in [0.3, 0.4) is 0 Å². The van der Waals surface area contributed by atoms with Gasteiger partial charge in [-0.3, -0.25) is 4.55 Å². The number of aryl methyl sites for hydroxylation is 1. The van der Waals surface area contributed by atoms with Gasteiger partial charge in [-0.25, -0.2) is 8.93 Å². The van der Waals surface area contributed by atoms with Crippen LogP contribution in [0.2, 0.25) is 0 Å². The minimum Gasteiger partial charge on any atom is -0.294 e. The molecule has 0 bridgehead atoms. The average molecular weight is 197 g/mol. The van der Waals surface area contributed by atoms with Gasteiger partial charge in [0.25, 0.3) is 0 Å². The highest BCUT2D eigenvalue weighted by molar-refractivity contribution is 7.77. The van der Waals surface area contributed by atoms with E-state index >= 15 is 0 Å². The molecule has 0 heterocycles. The number of rotatable bonds is 2. The first kappa shape index (κ1) is 8.87. The third-order valence-electron chi connectivity index (χ3n) is 2.38. The van der Waals surface area contributed by atoms with Gasteiger partial charge in [0.05, 0.1) is 0 Å². The standard InChI is InChI=1S/C9H11NO2S/c11-13(12)10-9-6-5-7-3-1-2-4-8(7)9/h1-4,9-10H,5-6H2,(H,11,12). The first-order chi connectivity index (χ1) is 6.27. The van der Waals surface area contributed by atoms with Crippen molar-refractivity contribution in [2.45, 2.75) is 18.9 Å². The van der Waals surface area contributed by atoms with Crippen LogP contribution in [0.15, 0.2) is 24.3 Å². The Morgan fingerprint density at radius 3 is 3.00 bits per heavy atom. The SMILES string of the molecule is O=S(O)NC1CCc2ccccc21. The lowest BCUT2D eigenvalue weighted by Crippen LogP contribution is -2.20. The number of hydrogen-bond acceptors (Lipinski definition) is 1. The van der Waals surface area contributed by atoms with Crippen LogP contribution in [-0.4, -0.2) is 8.76 Å². The number of hydrogen-bond donors (Lipinski definition) is 2. The number of fused-ring (bicyclic) bond motifs is 1. The van der Waals surface area contributed by atoms with Crippen LogP contribution in [0.4, 0.5) is 0 Å². The molecule has 2 atom stereocenters. The maximum Gasteiger partial charge on any atom is 0.232 e. The van der Waals surface area contributed by atoms with Gasteiger partial charge in [0.2, 0.25) is 11.3 Å². The summed E-state index contributed by atoms with van der Waals surface area (Å²) < 4.78 is 21.9. The van der Waals surface area contributed by atoms with Crippen LogP contribution in [0.25, 0.3) is 0 Å². The second-order valence-corrected chi connectivity index (χ2v) is 3.89. The lowest BCUT2D eigenvalue weighted by Gasteiger charge is -2.09. The molecule has 2 rings (SSSR count). The van der Waals surface area contributed by atoms with Crippen molar-refractivity contribution in [1.82, 2.24) is 4.72 Å². The van der Waals surface area contributed by atoms with E-state index in [0.717, 1.165) is 18.4 Å². The highest BCUT2D eigenvalue weighted by Crippen LogP contribution is 2.30. The second kappa shape index (κ2) is 3.57. The molecule has 0 aliphatic heterocycles. The molecule has 1 aromatic rings. The predicted molar refractivity (Wildman–Crippen MR) is 51.4 cm³/mol. The fraction of sp³-hybridized carbons (Fsp3) is 0.333. The van der Waals surface area contributed by atoms with Crippen LogP contribution >= 0.6 is 0 Å². The van der Waals surface area contributed by atoms with Crippen molar-refractivity contribution in [2.75, 3.05) is 0 Å². The molecule has 2 unspecified atom stereocenters. The van der Waals surface area contributed by atoms with E-state index in [9.17, 15) is 4.21 Å². The van der Waals surface area contributed by atoms with Gasteiger partial charge >= 0.3 is 0 Å². The van der Waals surface area contributed by atoms with Gasteiger partial charge in [-0.15, -0.1) is 0 Å². The summed E-state index contributed by atoms with van der Waals surface area (Å²) in [6.07, 6.45) is 1.90. The highest BCUT2D eigenvalue weighted by Gasteiger charge is 2.22. The Hall–Kier alpha value is -0.710. The Labute approximate surface area is 79.6 Å². The van der Waals surface area contributed by atoms with Crippen molar-refractivity contribution in [3.05, 3.63) is 35.4 Å². The maximum absolute atomic E-state index is 10.6. The molecule has 0 spiro atoms. The lowest BCUT2D eigenvalue weighted by molar-refractivity contribution is 0.526. The molecule has 3 nitrogen and oxygen atoms in total. The van der Waals surface area contributed by atoms with Crippen molar-refractivity contribution >= 4 is 11.3 Å². The van der Waals surface area contributed by atoms with Gasteiger partial charge in [-0.1, -0.05) is 24.3 Å². The van der Waals surface area contributed by atoms with E-state index in [1.807, 2.05) is 18.2 Å². The molecule has 13 heavy (non-hydrogen) atoms. The Morgan fingerprint density at radius 1 is 1.46 bits per heavy atom. The van der Waals surface area contributed by atoms with Crippen molar-refractivity contribution in [3.63, 3.8) is 0 Å². The topological polar surface area (TPSA) is 49.3 Å². The molecule has 1 aliphatic rings. The van der Waals surface area contributed by atoms with E-state index in [1.54, 1.807) is 0 Å². The first-order valence-electron chi connectivity index (χ1n) is 4.22. The van der Waals surface area contributed by atoms with Gasteiger partial charge < -0.3 is 0 Å². The summed E-state index contributed by atoms with van der Waals surface area (Å²) in [5, 5.41) is 0. The largest absolute Gasteiger partial charge is 0.294 e. The Balaban J connectivity index is 2.23. The molecule has 0 saturated carbocycles. The fourth-order valence-electron chi connectivity index (χ4n) is 1.80. The summed E-state index contributed by atoms with van der Waals surface area (Å²) in [5.74, 6) is 0. The summed E-state index contributed by atoms with van der Waals surface area (Å²) in [6, 6.07) is 8.07. The average Bonchev–Trinajstić information content (AvgIpc) is 2.48. The van der Waals surface area contributed by atoms with E-state index in [0.29, 0.717) is 0 Å². The molecule has 4 heteroatoms. The van der Waals surface area contributed by atoms with Gasteiger partial charge in [-0.2, -0.15) is 0 Å². The number of benzene rings is 1. The van der Waals surface area contributed by atoms with Gasteiger partial charge in [0, 0.05) is 6.04 Å². The van der Waals surface area contributed by atoms with Crippen LogP contribution in [0.5, 0.6) is 0 Å². The fourth-order valence-corrected chi connectivity index (χ4v) is 2.29. The normalized spacial score (nSPS) is 22.7. The Bertz CT molecular complexity index is 340. The summed E-state index contributed by atoms with van der Waals surface area (Å²) in [6.45, 7) is 0. The van der Waals surface area contributed by atoms with Gasteiger partial charge in [-0.05, 0) is 24.0 Å². The van der Waals surface area contributed by atoms with Crippen molar-refractivity contribution in [3.8, 4) is 0 Å². The molecule has 2 N–H and O–H groups in total. The summed E-state index contributed by atoms with van der Waals surface area (Å²) in [5.41, 5.74) is 2.44. The van der Waals surface area contributed by atoms with E-state index in [2.05, 4.69) is 10.8 Å². The van der Waals surface area contributed by atoms with Crippen molar-refractivity contribution < 1.29 is 8.76 Å². The molecule has 0 fully saturated rings. The molecule has 1 aromatic carbocycles. The summed E-state index contributed by atoms with van der Waals surface area (Å²) >= 11 is -1.91. The van der Waals surface area contributed by atoms with E-state index in [1.165, 1.54) is 5.56 Å². The second-order valence-electron chi connectivity index (χ2n) is 3.16. The van der Waals surface area contributed by atoms with Crippen molar-refractivity contribution in [1.29, 1.82) is 0 Å². The zero-order valence-electron chi connectivity index (χ0n) is 7.06. The minimum absolute atomic E-state index is 0.0435. The Morgan fingerprint density at radius 2 is 2.23 bits per heavy atom. The third-order valence-corrected chi connectivity index (χ3v) is 2.86. The molecule has 1 aliphatic carbocycles. The summed E-state index contributed by atoms with van der Waals surface area (Å²) in [7, 11) is 0. The van der Waals surface area contributed by atoms with Gasteiger partial charge in [0.15, 0.2) is 0 Å². The van der Waals surface area contributed by atoms with Crippen LogP contribution < -0.4 is 4.72 Å². The zero-order chi connectivity index (χ0) is 9.26. The quantitative estimate of drug-likeness (QED) is 0.704. The molecular formula is C9H11NO2S. The smallest absolute Gasteiger partial charge is 0.232 e. The first-order valence-corrected chi connectivity index (χ1v) is 5.33. The van der Waals surface area contributed by atoms with Crippen LogP contribution in [0, 0.1) is 0 Å². The van der Waals surface area contributed by atoms with E-state index < -0.39 is 11.3 Å². The third kappa shape index (κ3) is 1.80. The molecule has 0 radical (unpaired) electrons. The molecule has 0 aromatic heterocycles. The van der Waals surface area contributed by atoms with Crippen LogP contribution in [0.1, 0.15) is 23.6 Å². The molecule has 0 amide bonds. The molecular weight excluding hydrogens is 186 g/mol. The van der Waals surface area contributed by atoms with Gasteiger partial charge in [0.1, 0.15) is 0 Å². The molecule has 0 saturated heterocycles. The number of nitrogens with one attached hydrogen (secondary N) is 1. The zero-order valence-corrected chi connectivity index (χ0v) is 7.88. The van der Waals surface area contributed by atoms with E-state index in [-0.39, 0.29) is 6.04 Å². The maximum atomic E-state index is 10.6. The van der Waals surface area contributed by atoms with E-state index in [4.69, 9.17) is 4.55 Å². The van der Waals surface area contributed by atoms with Crippen LogP contribution in [-0.2, 0) is 17.7 Å².